The number of ether oxygens (including phenoxy) is 1. The van der Waals surface area contributed by atoms with Crippen LogP contribution in [0.4, 0.5) is 8.78 Å². The summed E-state index contributed by atoms with van der Waals surface area (Å²) in [6.07, 6.45) is 2.07. The van der Waals surface area contributed by atoms with Crippen molar-refractivity contribution in [3.8, 4) is 0 Å². The van der Waals surface area contributed by atoms with Gasteiger partial charge in [-0.1, -0.05) is 27.7 Å². The summed E-state index contributed by atoms with van der Waals surface area (Å²) in [7, 11) is 0. The van der Waals surface area contributed by atoms with Crippen LogP contribution in [0.3, 0.4) is 0 Å². The fraction of sp³-hybridized carbons (Fsp3) is 0.583. The standard InChI is InChI=1S/C24H33F2N3O3/c1-13(2)9-19-20-21(28-27-19)16(23(31)32-14(3)4)11-29(12-24(20,5)6)22(30)15-7-8-17(25)18(26)10-15/h7-8,10-11,13-14,19-21,27-28H,9,12H2,1-6H3. The number of carbonyl (C=O) groups is 2. The molecule has 1 saturated heterocycles. The van der Waals surface area contributed by atoms with E-state index in [2.05, 4.69) is 38.5 Å². The smallest absolute Gasteiger partial charge is 0.337 e. The molecule has 0 bridgehead atoms. The van der Waals surface area contributed by atoms with Gasteiger partial charge in [0, 0.05) is 30.3 Å². The van der Waals surface area contributed by atoms with Crippen molar-refractivity contribution in [2.45, 2.75) is 66.2 Å². The van der Waals surface area contributed by atoms with Crippen molar-refractivity contribution in [2.75, 3.05) is 6.54 Å². The van der Waals surface area contributed by atoms with Crippen molar-refractivity contribution in [1.82, 2.24) is 15.8 Å². The van der Waals surface area contributed by atoms with Crippen molar-refractivity contribution in [2.24, 2.45) is 17.3 Å². The quantitative estimate of drug-likeness (QED) is 0.670. The molecule has 2 N–H and O–H groups in total. The highest BCUT2D eigenvalue weighted by molar-refractivity contribution is 5.97. The van der Waals surface area contributed by atoms with Crippen LogP contribution in [0.1, 0.15) is 58.3 Å². The van der Waals surface area contributed by atoms with Gasteiger partial charge in [0.2, 0.25) is 0 Å². The molecular formula is C24H33F2N3O3. The Balaban J connectivity index is 2.04. The van der Waals surface area contributed by atoms with Gasteiger partial charge in [0.05, 0.1) is 17.7 Å². The summed E-state index contributed by atoms with van der Waals surface area (Å²) in [5.74, 6) is -2.68. The molecule has 2 aliphatic rings. The van der Waals surface area contributed by atoms with E-state index in [9.17, 15) is 18.4 Å². The molecule has 1 aromatic carbocycles. The average molecular weight is 450 g/mol. The molecule has 0 radical (unpaired) electrons. The number of hydrogen-bond donors (Lipinski definition) is 2. The predicted molar refractivity (Wildman–Crippen MR) is 117 cm³/mol. The Bertz CT molecular complexity index is 914. The van der Waals surface area contributed by atoms with Gasteiger partial charge in [-0.2, -0.15) is 0 Å². The second-order valence-corrected chi connectivity index (χ2v) is 10.1. The molecule has 6 nitrogen and oxygen atoms in total. The minimum Gasteiger partial charge on any atom is -0.460 e. The molecule has 0 aliphatic carbocycles. The first-order valence-electron chi connectivity index (χ1n) is 11.1. The molecule has 2 aliphatic heterocycles. The fourth-order valence-electron chi connectivity index (χ4n) is 4.81. The predicted octanol–water partition coefficient (Wildman–Crippen LogP) is 3.79. The average Bonchev–Trinajstić information content (AvgIpc) is 3.04. The minimum atomic E-state index is -1.09. The van der Waals surface area contributed by atoms with E-state index in [0.717, 1.165) is 18.6 Å². The summed E-state index contributed by atoms with van der Waals surface area (Å²) >= 11 is 0. The van der Waals surface area contributed by atoms with Crippen LogP contribution in [0.15, 0.2) is 30.0 Å². The topological polar surface area (TPSA) is 70.7 Å². The lowest BCUT2D eigenvalue weighted by atomic mass is 9.69. The van der Waals surface area contributed by atoms with Gasteiger partial charge in [0.15, 0.2) is 11.6 Å². The number of halogens is 2. The number of esters is 1. The van der Waals surface area contributed by atoms with Gasteiger partial charge < -0.3 is 9.64 Å². The lowest BCUT2D eigenvalue weighted by Gasteiger charge is -2.38. The van der Waals surface area contributed by atoms with E-state index in [-0.39, 0.29) is 29.7 Å². The first kappa shape index (κ1) is 24.3. The Morgan fingerprint density at radius 2 is 1.84 bits per heavy atom. The summed E-state index contributed by atoms with van der Waals surface area (Å²) in [5.41, 5.74) is 6.57. The number of nitrogens with zero attached hydrogens (tertiary/aromatic N) is 1. The number of fused-ring (bicyclic) bond motifs is 1. The maximum Gasteiger partial charge on any atom is 0.337 e. The van der Waals surface area contributed by atoms with E-state index in [4.69, 9.17) is 4.74 Å². The van der Waals surface area contributed by atoms with E-state index in [1.807, 2.05) is 0 Å². The van der Waals surface area contributed by atoms with Crippen molar-refractivity contribution in [3.63, 3.8) is 0 Å². The number of hydrazine groups is 1. The molecule has 3 unspecified atom stereocenters. The Kier molecular flexibility index (Phi) is 7.05. The van der Waals surface area contributed by atoms with E-state index in [1.165, 1.54) is 17.2 Å². The first-order chi connectivity index (χ1) is 14.9. The third-order valence-electron chi connectivity index (χ3n) is 6.06. The number of carbonyl (C=O) groups excluding carboxylic acids is 2. The van der Waals surface area contributed by atoms with Crippen molar-refractivity contribution < 1.29 is 23.1 Å². The number of benzene rings is 1. The van der Waals surface area contributed by atoms with Gasteiger partial charge in [-0.05, 0) is 49.8 Å². The van der Waals surface area contributed by atoms with Gasteiger partial charge in [0.25, 0.3) is 5.91 Å². The SMILES string of the molecule is CC(C)CC1NNC2C(C(=O)OC(C)C)=CN(C(=O)c3ccc(F)c(F)c3)CC(C)(C)C12. The Labute approximate surface area is 188 Å². The molecule has 3 rings (SSSR count). The fourth-order valence-corrected chi connectivity index (χ4v) is 4.81. The molecule has 0 spiro atoms. The molecule has 1 amide bonds. The molecule has 32 heavy (non-hydrogen) atoms. The highest BCUT2D eigenvalue weighted by Crippen LogP contribution is 2.42. The second kappa shape index (κ2) is 9.27. The van der Waals surface area contributed by atoms with Crippen LogP contribution in [0.5, 0.6) is 0 Å². The summed E-state index contributed by atoms with van der Waals surface area (Å²) in [6, 6.07) is 2.80. The van der Waals surface area contributed by atoms with Gasteiger partial charge >= 0.3 is 5.97 Å². The minimum absolute atomic E-state index is 0.00128. The van der Waals surface area contributed by atoms with E-state index < -0.39 is 28.9 Å². The highest BCUT2D eigenvalue weighted by Gasteiger charge is 2.51. The molecule has 0 aromatic heterocycles. The summed E-state index contributed by atoms with van der Waals surface area (Å²) < 4.78 is 32.7. The van der Waals surface area contributed by atoms with Crippen LogP contribution in [0.2, 0.25) is 0 Å². The molecule has 8 heteroatoms. The summed E-state index contributed by atoms with van der Waals surface area (Å²) in [6.45, 7) is 12.2. The zero-order chi connectivity index (χ0) is 23.8. The molecule has 1 fully saturated rings. The Morgan fingerprint density at radius 1 is 1.16 bits per heavy atom. The summed E-state index contributed by atoms with van der Waals surface area (Å²) in [5, 5.41) is 0. The largest absolute Gasteiger partial charge is 0.460 e. The van der Waals surface area contributed by atoms with Crippen LogP contribution < -0.4 is 10.9 Å². The zero-order valence-corrected chi connectivity index (χ0v) is 19.5. The van der Waals surface area contributed by atoms with Crippen molar-refractivity contribution in [3.05, 3.63) is 47.2 Å². The normalized spacial score (nSPS) is 24.9. The molecular weight excluding hydrogens is 416 g/mol. The molecule has 2 heterocycles. The maximum absolute atomic E-state index is 13.8. The Morgan fingerprint density at radius 3 is 2.44 bits per heavy atom. The maximum atomic E-state index is 13.8. The number of nitrogens with one attached hydrogen (secondary N) is 2. The molecule has 0 saturated carbocycles. The lowest BCUT2D eigenvalue weighted by molar-refractivity contribution is -0.143. The van der Waals surface area contributed by atoms with E-state index >= 15 is 0 Å². The van der Waals surface area contributed by atoms with Crippen LogP contribution in [-0.4, -0.2) is 41.5 Å². The Hall–Kier alpha value is -2.32. The van der Waals surface area contributed by atoms with Crippen molar-refractivity contribution >= 4 is 11.9 Å². The van der Waals surface area contributed by atoms with E-state index in [1.54, 1.807) is 13.8 Å². The molecule has 176 valence electrons. The molecule has 1 aromatic rings. The van der Waals surface area contributed by atoms with Crippen LogP contribution in [-0.2, 0) is 9.53 Å². The highest BCUT2D eigenvalue weighted by atomic mass is 19.2. The van der Waals surface area contributed by atoms with E-state index in [0.29, 0.717) is 18.0 Å². The monoisotopic (exact) mass is 449 g/mol. The van der Waals surface area contributed by atoms with Crippen LogP contribution in [0, 0.1) is 28.9 Å². The van der Waals surface area contributed by atoms with Gasteiger partial charge in [-0.3, -0.25) is 10.2 Å². The van der Waals surface area contributed by atoms with Crippen molar-refractivity contribution in [1.29, 1.82) is 0 Å². The number of amides is 1. The number of rotatable bonds is 5. The zero-order valence-electron chi connectivity index (χ0n) is 19.5. The molecule has 3 atom stereocenters. The van der Waals surface area contributed by atoms with Crippen LogP contribution in [0.25, 0.3) is 0 Å². The lowest BCUT2D eigenvalue weighted by Crippen LogP contribution is -2.45. The number of hydrogen-bond acceptors (Lipinski definition) is 5. The van der Waals surface area contributed by atoms with Gasteiger partial charge in [-0.25, -0.2) is 19.0 Å². The van der Waals surface area contributed by atoms with Crippen LogP contribution >= 0.6 is 0 Å². The third-order valence-corrected chi connectivity index (χ3v) is 6.06. The second-order valence-electron chi connectivity index (χ2n) is 10.1. The summed E-state index contributed by atoms with van der Waals surface area (Å²) in [4.78, 5) is 27.7. The van der Waals surface area contributed by atoms with Gasteiger partial charge in [-0.15, -0.1) is 0 Å². The third kappa shape index (κ3) is 5.02. The van der Waals surface area contributed by atoms with Gasteiger partial charge in [0.1, 0.15) is 0 Å². The first-order valence-corrected chi connectivity index (χ1v) is 11.1.